The molecule has 2 atom stereocenters. The summed E-state index contributed by atoms with van der Waals surface area (Å²) in [6, 6.07) is 9.25. The summed E-state index contributed by atoms with van der Waals surface area (Å²) in [5, 5.41) is 3.86. The van der Waals surface area contributed by atoms with Gasteiger partial charge in [-0.25, -0.2) is 4.98 Å². The molecule has 112 valence electrons. The van der Waals surface area contributed by atoms with E-state index in [1.807, 2.05) is 43.5 Å². The Labute approximate surface area is 129 Å². The Morgan fingerprint density at radius 3 is 2.67 bits per heavy atom. The van der Waals surface area contributed by atoms with Gasteiger partial charge in [0.05, 0.1) is 6.04 Å². The van der Waals surface area contributed by atoms with Crippen LogP contribution < -0.4 is 11.1 Å². The van der Waals surface area contributed by atoms with Crippen LogP contribution in [-0.2, 0) is 16.8 Å². The Kier molecular flexibility index (Phi) is 4.75. The lowest BCUT2D eigenvalue weighted by atomic mass is 9.92. The van der Waals surface area contributed by atoms with E-state index in [-0.39, 0.29) is 11.9 Å². The number of aryl methyl sites for hydroxylation is 1. The molecule has 0 aliphatic rings. The molecule has 2 unspecified atom stereocenters. The number of hydrogen-bond donors (Lipinski definition) is 2. The highest BCUT2D eigenvalue weighted by molar-refractivity contribution is 7.11. The van der Waals surface area contributed by atoms with Gasteiger partial charge < -0.3 is 11.1 Å². The molecule has 3 N–H and O–H groups in total. The lowest BCUT2D eigenvalue weighted by Gasteiger charge is -2.25. The van der Waals surface area contributed by atoms with E-state index >= 15 is 0 Å². The number of carbonyl (C=O) groups excluding carboxylic acids is 1. The zero-order valence-electron chi connectivity index (χ0n) is 12.6. The highest BCUT2D eigenvalue weighted by Crippen LogP contribution is 2.23. The van der Waals surface area contributed by atoms with Crippen molar-refractivity contribution in [1.29, 1.82) is 0 Å². The minimum absolute atomic E-state index is 0.144. The minimum Gasteiger partial charge on any atom is -0.345 e. The largest absolute Gasteiger partial charge is 0.345 e. The van der Waals surface area contributed by atoms with Crippen LogP contribution in [-0.4, -0.2) is 10.9 Å². The molecule has 5 heteroatoms. The third-order valence-corrected chi connectivity index (χ3v) is 4.81. The first-order chi connectivity index (χ1) is 9.95. The molecule has 1 heterocycles. The summed E-state index contributed by atoms with van der Waals surface area (Å²) in [6.07, 6.45) is 2.82. The van der Waals surface area contributed by atoms with Crippen molar-refractivity contribution in [3.8, 4) is 0 Å². The lowest BCUT2D eigenvalue weighted by molar-refractivity contribution is -0.126. The van der Waals surface area contributed by atoms with E-state index < -0.39 is 5.54 Å². The number of hydrogen-bond acceptors (Lipinski definition) is 4. The van der Waals surface area contributed by atoms with Crippen LogP contribution in [0.3, 0.4) is 0 Å². The van der Waals surface area contributed by atoms with Crippen molar-refractivity contribution < 1.29 is 4.79 Å². The second-order valence-electron chi connectivity index (χ2n) is 5.28. The van der Waals surface area contributed by atoms with Gasteiger partial charge in [0.2, 0.25) is 5.91 Å². The number of benzene rings is 1. The average Bonchev–Trinajstić information content (AvgIpc) is 2.97. The maximum atomic E-state index is 12.5. The molecule has 1 aromatic carbocycles. The van der Waals surface area contributed by atoms with Gasteiger partial charge in [0.1, 0.15) is 10.5 Å². The fraction of sp³-hybridized carbons (Fsp3) is 0.375. The van der Waals surface area contributed by atoms with Crippen LogP contribution in [0.15, 0.2) is 36.5 Å². The van der Waals surface area contributed by atoms with Gasteiger partial charge in [-0.05, 0) is 25.8 Å². The average molecular weight is 303 g/mol. The molecule has 2 aromatic rings. The first-order valence-electron chi connectivity index (χ1n) is 7.05. The number of nitrogens with two attached hydrogens (primary N) is 1. The lowest BCUT2D eigenvalue weighted by Crippen LogP contribution is -2.49. The summed E-state index contributed by atoms with van der Waals surface area (Å²) in [4.78, 5) is 18.0. The number of nitrogens with one attached hydrogen (secondary N) is 1. The van der Waals surface area contributed by atoms with Crippen molar-refractivity contribution >= 4 is 17.2 Å². The number of carbonyl (C=O) groups is 1. The summed E-state index contributed by atoms with van der Waals surface area (Å²) >= 11 is 1.62. The third kappa shape index (κ3) is 3.49. The van der Waals surface area contributed by atoms with Crippen LogP contribution in [0.2, 0.25) is 0 Å². The molecule has 4 nitrogen and oxygen atoms in total. The zero-order chi connectivity index (χ0) is 15.5. The first kappa shape index (κ1) is 15.7. The van der Waals surface area contributed by atoms with E-state index in [1.165, 1.54) is 4.88 Å². The Balaban J connectivity index is 2.10. The highest BCUT2D eigenvalue weighted by Gasteiger charge is 2.31. The summed E-state index contributed by atoms with van der Waals surface area (Å²) in [5.41, 5.74) is 5.95. The quantitative estimate of drug-likeness (QED) is 0.892. The van der Waals surface area contributed by atoms with E-state index in [4.69, 9.17) is 5.73 Å². The predicted molar refractivity (Wildman–Crippen MR) is 86.0 cm³/mol. The molecule has 0 saturated heterocycles. The topological polar surface area (TPSA) is 68.0 Å². The van der Waals surface area contributed by atoms with Crippen LogP contribution >= 0.6 is 11.3 Å². The van der Waals surface area contributed by atoms with Gasteiger partial charge in [0.25, 0.3) is 0 Å². The second-order valence-corrected chi connectivity index (χ2v) is 6.43. The van der Waals surface area contributed by atoms with E-state index in [9.17, 15) is 4.79 Å². The molecule has 0 radical (unpaired) electrons. The maximum Gasteiger partial charge on any atom is 0.244 e. The molecular formula is C16H21N3OS. The van der Waals surface area contributed by atoms with Crippen molar-refractivity contribution in [2.24, 2.45) is 5.73 Å². The van der Waals surface area contributed by atoms with Gasteiger partial charge in [0, 0.05) is 11.1 Å². The molecule has 0 saturated carbocycles. The Morgan fingerprint density at radius 2 is 2.10 bits per heavy atom. The number of amides is 1. The summed E-state index contributed by atoms with van der Waals surface area (Å²) in [7, 11) is 0. The fourth-order valence-electron chi connectivity index (χ4n) is 2.01. The molecule has 0 spiro atoms. The fourth-order valence-corrected chi connectivity index (χ4v) is 2.87. The molecule has 1 amide bonds. The molecule has 21 heavy (non-hydrogen) atoms. The zero-order valence-corrected chi connectivity index (χ0v) is 13.4. The third-order valence-electron chi connectivity index (χ3n) is 3.48. The Hall–Kier alpha value is -1.72. The van der Waals surface area contributed by atoms with Crippen LogP contribution in [0.5, 0.6) is 0 Å². The minimum atomic E-state index is -1.06. The molecule has 0 aliphatic carbocycles. The van der Waals surface area contributed by atoms with Crippen molar-refractivity contribution in [3.63, 3.8) is 0 Å². The monoisotopic (exact) mass is 303 g/mol. The smallest absolute Gasteiger partial charge is 0.244 e. The molecular weight excluding hydrogens is 282 g/mol. The molecule has 2 rings (SSSR count). The highest BCUT2D eigenvalue weighted by atomic mass is 32.1. The molecule has 0 bridgehead atoms. The van der Waals surface area contributed by atoms with E-state index in [2.05, 4.69) is 17.2 Å². The van der Waals surface area contributed by atoms with Crippen molar-refractivity contribution in [3.05, 3.63) is 52.0 Å². The number of thiazole rings is 1. The van der Waals surface area contributed by atoms with E-state index in [0.717, 1.165) is 17.0 Å². The van der Waals surface area contributed by atoms with Gasteiger partial charge in [-0.3, -0.25) is 4.79 Å². The van der Waals surface area contributed by atoms with E-state index in [1.54, 1.807) is 18.3 Å². The molecule has 1 aromatic heterocycles. The summed E-state index contributed by atoms with van der Waals surface area (Å²) in [6.45, 7) is 5.74. The van der Waals surface area contributed by atoms with Crippen molar-refractivity contribution in [2.75, 3.05) is 0 Å². The molecule has 0 fully saturated rings. The Bertz CT molecular complexity index is 607. The van der Waals surface area contributed by atoms with Crippen LogP contribution in [0, 0.1) is 0 Å². The number of nitrogens with zero attached hydrogens (tertiary/aromatic N) is 1. The number of aromatic nitrogens is 1. The van der Waals surface area contributed by atoms with Crippen LogP contribution in [0.1, 0.15) is 42.3 Å². The number of rotatable bonds is 5. The van der Waals surface area contributed by atoms with Gasteiger partial charge >= 0.3 is 0 Å². The van der Waals surface area contributed by atoms with Gasteiger partial charge in [0.15, 0.2) is 0 Å². The summed E-state index contributed by atoms with van der Waals surface area (Å²) in [5.74, 6) is -0.200. The van der Waals surface area contributed by atoms with Gasteiger partial charge in [-0.15, -0.1) is 11.3 Å². The first-order valence-corrected chi connectivity index (χ1v) is 7.86. The van der Waals surface area contributed by atoms with Crippen molar-refractivity contribution in [1.82, 2.24) is 10.3 Å². The van der Waals surface area contributed by atoms with Crippen LogP contribution in [0.4, 0.5) is 0 Å². The van der Waals surface area contributed by atoms with Gasteiger partial charge in [-0.2, -0.15) is 0 Å². The van der Waals surface area contributed by atoms with E-state index in [0.29, 0.717) is 0 Å². The SMILES string of the molecule is CCc1cnc(C(C)NC(=O)C(C)(N)c2ccccc2)s1. The second kappa shape index (κ2) is 6.37. The predicted octanol–water partition coefficient (Wildman–Crippen LogP) is 2.76. The molecule has 0 aliphatic heterocycles. The maximum absolute atomic E-state index is 12.5. The van der Waals surface area contributed by atoms with Crippen LogP contribution in [0.25, 0.3) is 0 Å². The van der Waals surface area contributed by atoms with Gasteiger partial charge in [-0.1, -0.05) is 37.3 Å². The van der Waals surface area contributed by atoms with Crippen molar-refractivity contribution in [2.45, 2.75) is 38.8 Å². The Morgan fingerprint density at radius 1 is 1.43 bits per heavy atom. The normalized spacial score (nSPS) is 15.2. The summed E-state index contributed by atoms with van der Waals surface area (Å²) < 4.78 is 0. The standard InChI is InChI=1S/C16H21N3OS/c1-4-13-10-18-14(21-13)11(2)19-15(20)16(3,17)12-8-6-5-7-9-12/h5-11H,4,17H2,1-3H3,(H,19,20).